The van der Waals surface area contributed by atoms with Crippen molar-refractivity contribution in [2.75, 3.05) is 11.1 Å². The maximum absolute atomic E-state index is 11.7. The first-order valence-electron chi connectivity index (χ1n) is 7.98. The van der Waals surface area contributed by atoms with Crippen LogP contribution >= 0.6 is 0 Å². The van der Waals surface area contributed by atoms with Crippen LogP contribution in [0.1, 0.15) is 36.7 Å². The molecule has 1 amide bonds. The van der Waals surface area contributed by atoms with Gasteiger partial charge in [0, 0.05) is 16.9 Å². The fraction of sp³-hybridized carbons (Fsp3) is 0.263. The van der Waals surface area contributed by atoms with Gasteiger partial charge in [0.25, 0.3) is 0 Å². The van der Waals surface area contributed by atoms with E-state index >= 15 is 0 Å². The minimum atomic E-state index is -1.06. The molecule has 7 nitrogen and oxygen atoms in total. The Kier molecular flexibility index (Phi) is 5.71. The van der Waals surface area contributed by atoms with Gasteiger partial charge in [0.15, 0.2) is 0 Å². The molecule has 7 heteroatoms. The number of hydrogen-bond donors (Lipinski definition) is 3. The SMILES string of the molecule is CC(C)(C)OC(=O)Nc1ccc(OCc2ccc(N)cc2C(=O)O)cc1. The van der Waals surface area contributed by atoms with Crippen LogP contribution in [0.4, 0.5) is 16.2 Å². The van der Waals surface area contributed by atoms with Crippen molar-refractivity contribution in [2.24, 2.45) is 0 Å². The summed E-state index contributed by atoms with van der Waals surface area (Å²) in [6.45, 7) is 5.44. The molecule has 0 aromatic heterocycles. The molecule has 0 aliphatic heterocycles. The largest absolute Gasteiger partial charge is 0.489 e. The van der Waals surface area contributed by atoms with Gasteiger partial charge in [-0.15, -0.1) is 0 Å². The Labute approximate surface area is 151 Å². The van der Waals surface area contributed by atoms with Crippen molar-refractivity contribution in [3.8, 4) is 5.75 Å². The molecule has 0 unspecified atom stereocenters. The number of anilines is 2. The zero-order chi connectivity index (χ0) is 19.3. The van der Waals surface area contributed by atoms with Gasteiger partial charge < -0.3 is 20.3 Å². The molecule has 26 heavy (non-hydrogen) atoms. The lowest BCUT2D eigenvalue weighted by atomic mass is 10.1. The molecule has 0 saturated carbocycles. The number of carboxylic acids is 1. The van der Waals surface area contributed by atoms with Crippen LogP contribution in [0, 0.1) is 0 Å². The van der Waals surface area contributed by atoms with E-state index in [1.165, 1.54) is 6.07 Å². The fourth-order valence-corrected chi connectivity index (χ4v) is 2.14. The molecule has 0 aliphatic carbocycles. The van der Waals surface area contributed by atoms with Gasteiger partial charge in [-0.05, 0) is 57.2 Å². The zero-order valence-electron chi connectivity index (χ0n) is 14.9. The minimum Gasteiger partial charge on any atom is -0.489 e. The van der Waals surface area contributed by atoms with Crippen LogP contribution in [0.15, 0.2) is 42.5 Å². The Hall–Kier alpha value is -3.22. The maximum Gasteiger partial charge on any atom is 0.412 e. The number of nitrogens with one attached hydrogen (secondary N) is 1. The third-order valence-corrected chi connectivity index (χ3v) is 3.26. The average molecular weight is 358 g/mol. The minimum absolute atomic E-state index is 0.0841. The number of ether oxygens (including phenoxy) is 2. The van der Waals surface area contributed by atoms with Crippen molar-refractivity contribution >= 4 is 23.4 Å². The van der Waals surface area contributed by atoms with Crippen LogP contribution in [0.25, 0.3) is 0 Å². The lowest BCUT2D eigenvalue weighted by Gasteiger charge is -2.19. The number of hydrogen-bond acceptors (Lipinski definition) is 5. The molecular formula is C19H22N2O5. The summed E-state index contributed by atoms with van der Waals surface area (Å²) in [5, 5.41) is 11.8. The summed E-state index contributed by atoms with van der Waals surface area (Å²) < 4.78 is 10.8. The number of amides is 1. The Morgan fingerprint density at radius 1 is 1.12 bits per heavy atom. The molecule has 138 valence electrons. The molecule has 2 aromatic carbocycles. The van der Waals surface area contributed by atoms with Gasteiger partial charge in [-0.2, -0.15) is 0 Å². The van der Waals surface area contributed by atoms with Crippen LogP contribution in [-0.2, 0) is 11.3 Å². The molecule has 0 spiro atoms. The summed E-state index contributed by atoms with van der Waals surface area (Å²) in [7, 11) is 0. The standard InChI is InChI=1S/C19H22N2O5/c1-19(2,3)26-18(24)21-14-6-8-15(9-7-14)25-11-12-4-5-13(20)10-16(12)17(22)23/h4-10H,11,20H2,1-3H3,(H,21,24)(H,22,23). The van der Waals surface area contributed by atoms with Gasteiger partial charge in [-0.3, -0.25) is 5.32 Å². The molecule has 2 aromatic rings. The second kappa shape index (κ2) is 7.77. The summed E-state index contributed by atoms with van der Waals surface area (Å²) in [4.78, 5) is 23.0. The van der Waals surface area contributed by atoms with E-state index in [1.54, 1.807) is 57.2 Å². The van der Waals surface area contributed by atoms with Gasteiger partial charge >= 0.3 is 12.1 Å². The second-order valence-electron chi connectivity index (χ2n) is 6.66. The summed E-state index contributed by atoms with van der Waals surface area (Å²) in [6, 6.07) is 11.3. The van der Waals surface area contributed by atoms with Crippen molar-refractivity contribution in [1.29, 1.82) is 0 Å². The number of carbonyl (C=O) groups excluding carboxylic acids is 1. The van der Waals surface area contributed by atoms with E-state index < -0.39 is 17.7 Å². The molecule has 0 saturated heterocycles. The average Bonchev–Trinajstić information content (AvgIpc) is 2.53. The highest BCUT2D eigenvalue weighted by molar-refractivity contribution is 5.90. The molecule has 0 aliphatic rings. The van der Waals surface area contributed by atoms with Crippen LogP contribution in [-0.4, -0.2) is 22.8 Å². The van der Waals surface area contributed by atoms with Crippen molar-refractivity contribution in [1.82, 2.24) is 0 Å². The van der Waals surface area contributed by atoms with Crippen molar-refractivity contribution in [3.63, 3.8) is 0 Å². The monoisotopic (exact) mass is 358 g/mol. The predicted molar refractivity (Wildman–Crippen MR) is 98.4 cm³/mol. The van der Waals surface area contributed by atoms with E-state index in [0.717, 1.165) is 0 Å². The quantitative estimate of drug-likeness (QED) is 0.699. The van der Waals surface area contributed by atoms with E-state index in [4.69, 9.17) is 15.2 Å². The molecule has 4 N–H and O–H groups in total. The second-order valence-corrected chi connectivity index (χ2v) is 6.66. The third-order valence-electron chi connectivity index (χ3n) is 3.26. The Bertz CT molecular complexity index is 795. The lowest BCUT2D eigenvalue weighted by Crippen LogP contribution is -2.27. The van der Waals surface area contributed by atoms with Gasteiger partial charge in [0.2, 0.25) is 0 Å². The van der Waals surface area contributed by atoms with E-state index in [9.17, 15) is 14.7 Å². The number of rotatable bonds is 5. The Morgan fingerprint density at radius 3 is 2.35 bits per heavy atom. The van der Waals surface area contributed by atoms with Gasteiger partial charge in [-0.25, -0.2) is 9.59 Å². The van der Waals surface area contributed by atoms with Crippen LogP contribution in [0.2, 0.25) is 0 Å². The first kappa shape index (κ1) is 19.1. The molecular weight excluding hydrogens is 336 g/mol. The number of nitrogens with two attached hydrogens (primary N) is 1. The molecule has 0 heterocycles. The molecule has 0 radical (unpaired) electrons. The molecule has 0 fully saturated rings. The van der Waals surface area contributed by atoms with Crippen LogP contribution in [0.3, 0.4) is 0 Å². The van der Waals surface area contributed by atoms with E-state index in [1.807, 2.05) is 0 Å². The summed E-state index contributed by atoms with van der Waals surface area (Å²) in [5.41, 5.74) is 6.60. The van der Waals surface area contributed by atoms with E-state index in [-0.39, 0.29) is 12.2 Å². The lowest BCUT2D eigenvalue weighted by molar-refractivity contribution is 0.0634. The summed E-state index contributed by atoms with van der Waals surface area (Å²) >= 11 is 0. The summed E-state index contributed by atoms with van der Waals surface area (Å²) in [6.07, 6.45) is -0.542. The predicted octanol–water partition coefficient (Wildman–Crippen LogP) is 3.89. The Balaban J connectivity index is 1.98. The first-order chi connectivity index (χ1) is 12.1. The number of carboxylic acid groups (broad SMARTS) is 1. The van der Waals surface area contributed by atoms with Crippen LogP contribution in [0.5, 0.6) is 5.75 Å². The van der Waals surface area contributed by atoms with Crippen molar-refractivity contribution in [3.05, 3.63) is 53.6 Å². The van der Waals surface area contributed by atoms with Crippen molar-refractivity contribution < 1.29 is 24.2 Å². The highest BCUT2D eigenvalue weighted by Crippen LogP contribution is 2.20. The normalized spacial score (nSPS) is 10.9. The molecule has 2 rings (SSSR count). The van der Waals surface area contributed by atoms with Crippen molar-refractivity contribution in [2.45, 2.75) is 33.0 Å². The summed E-state index contributed by atoms with van der Waals surface area (Å²) in [5.74, 6) is -0.527. The van der Waals surface area contributed by atoms with Crippen LogP contribution < -0.4 is 15.8 Å². The number of nitrogen functional groups attached to an aromatic ring is 1. The smallest absolute Gasteiger partial charge is 0.412 e. The first-order valence-corrected chi connectivity index (χ1v) is 7.98. The molecule has 0 atom stereocenters. The van der Waals surface area contributed by atoms with Gasteiger partial charge in [0.05, 0.1) is 5.56 Å². The highest BCUT2D eigenvalue weighted by Gasteiger charge is 2.16. The number of aromatic carboxylic acids is 1. The maximum atomic E-state index is 11.7. The highest BCUT2D eigenvalue weighted by atomic mass is 16.6. The van der Waals surface area contributed by atoms with E-state index in [2.05, 4.69) is 5.32 Å². The van der Waals surface area contributed by atoms with E-state index in [0.29, 0.717) is 22.7 Å². The zero-order valence-corrected chi connectivity index (χ0v) is 14.9. The molecule has 0 bridgehead atoms. The third kappa shape index (κ3) is 5.70. The van der Waals surface area contributed by atoms with Gasteiger partial charge in [-0.1, -0.05) is 6.07 Å². The topological polar surface area (TPSA) is 111 Å². The number of benzene rings is 2. The number of carbonyl (C=O) groups is 2. The Morgan fingerprint density at radius 2 is 1.77 bits per heavy atom. The van der Waals surface area contributed by atoms with Gasteiger partial charge in [0.1, 0.15) is 18.0 Å². The fourth-order valence-electron chi connectivity index (χ4n) is 2.14.